The van der Waals surface area contributed by atoms with Gasteiger partial charge in [-0.25, -0.2) is 4.39 Å². The molecule has 2 amide bonds. The first-order valence-corrected chi connectivity index (χ1v) is 14.5. The number of fused-ring (bicyclic) bond motifs is 1. The molecule has 210 valence electrons. The standard InChI is InChI=1S/C30H39ClFN5O2/c1-34-14-16-35(17-15-34)13-11-28(38)33-27(22-6-3-2-4-7-22)10-12-36-18-23-20-37(21-24(23)19-36)30(39)29-25(31)8-5-9-26(29)32/h2-9,23-24,27H,10-21H2,1H3,(H,33,38)/t23-,24?,27?/m0/s1. The number of hydrogen-bond acceptors (Lipinski definition) is 5. The monoisotopic (exact) mass is 555 g/mol. The molecule has 0 aromatic heterocycles. The highest BCUT2D eigenvalue weighted by Gasteiger charge is 2.42. The van der Waals surface area contributed by atoms with Gasteiger partial charge in [-0.2, -0.15) is 0 Å². The summed E-state index contributed by atoms with van der Waals surface area (Å²) in [5, 5.41) is 3.47. The molecule has 0 radical (unpaired) electrons. The summed E-state index contributed by atoms with van der Waals surface area (Å²) < 4.78 is 14.3. The highest BCUT2D eigenvalue weighted by atomic mass is 35.5. The quantitative estimate of drug-likeness (QED) is 0.514. The van der Waals surface area contributed by atoms with Gasteiger partial charge in [-0.05, 0) is 43.0 Å². The van der Waals surface area contributed by atoms with Gasteiger partial charge in [0.25, 0.3) is 5.91 Å². The fraction of sp³-hybridized carbons (Fsp3) is 0.533. The predicted octanol–water partition coefficient (Wildman–Crippen LogP) is 3.37. The second-order valence-electron chi connectivity index (χ2n) is 11.3. The molecule has 1 N–H and O–H groups in total. The summed E-state index contributed by atoms with van der Waals surface area (Å²) in [7, 11) is 2.14. The van der Waals surface area contributed by atoms with E-state index >= 15 is 0 Å². The summed E-state index contributed by atoms with van der Waals surface area (Å²) in [6.07, 6.45) is 1.34. The maximum atomic E-state index is 14.3. The molecule has 2 unspecified atom stereocenters. The van der Waals surface area contributed by atoms with Gasteiger partial charge in [0, 0.05) is 71.9 Å². The molecule has 7 nitrogen and oxygen atoms in total. The normalized spacial score (nSPS) is 23.1. The Bertz CT molecular complexity index is 1110. The van der Waals surface area contributed by atoms with Crippen molar-refractivity contribution < 1.29 is 14.0 Å². The number of nitrogens with zero attached hydrogens (tertiary/aromatic N) is 4. The van der Waals surface area contributed by atoms with Crippen LogP contribution in [0.5, 0.6) is 0 Å². The molecule has 3 aliphatic rings. The van der Waals surface area contributed by atoms with Gasteiger partial charge in [0.2, 0.25) is 5.91 Å². The molecule has 0 bridgehead atoms. The van der Waals surface area contributed by atoms with Crippen LogP contribution in [0.4, 0.5) is 4.39 Å². The zero-order valence-corrected chi connectivity index (χ0v) is 23.5. The van der Waals surface area contributed by atoms with Crippen LogP contribution >= 0.6 is 11.6 Å². The van der Waals surface area contributed by atoms with Gasteiger partial charge in [0.1, 0.15) is 5.82 Å². The zero-order chi connectivity index (χ0) is 27.4. The van der Waals surface area contributed by atoms with Gasteiger partial charge >= 0.3 is 0 Å². The van der Waals surface area contributed by atoms with E-state index in [0.29, 0.717) is 31.3 Å². The Kier molecular flexibility index (Phi) is 9.17. The molecule has 0 aliphatic carbocycles. The maximum absolute atomic E-state index is 14.3. The fourth-order valence-electron chi connectivity index (χ4n) is 6.22. The summed E-state index contributed by atoms with van der Waals surface area (Å²) >= 11 is 6.14. The van der Waals surface area contributed by atoms with Crippen molar-refractivity contribution in [3.05, 3.63) is 70.5 Å². The third-order valence-electron chi connectivity index (χ3n) is 8.55. The lowest BCUT2D eigenvalue weighted by Gasteiger charge is -2.32. The minimum Gasteiger partial charge on any atom is -0.349 e. The number of carbonyl (C=O) groups is 2. The van der Waals surface area contributed by atoms with Crippen LogP contribution < -0.4 is 5.32 Å². The Morgan fingerprint density at radius 2 is 1.62 bits per heavy atom. The van der Waals surface area contributed by atoms with Crippen molar-refractivity contribution >= 4 is 23.4 Å². The minimum absolute atomic E-state index is 0.0231. The Hall–Kier alpha value is -2.52. The summed E-state index contributed by atoms with van der Waals surface area (Å²) in [5.41, 5.74) is 1.11. The molecule has 2 aromatic rings. The van der Waals surface area contributed by atoms with Crippen molar-refractivity contribution in [1.29, 1.82) is 0 Å². The van der Waals surface area contributed by atoms with Crippen molar-refractivity contribution in [3.8, 4) is 0 Å². The number of likely N-dealkylation sites (tertiary alicyclic amines) is 2. The van der Waals surface area contributed by atoms with Crippen LogP contribution in [0.25, 0.3) is 0 Å². The number of nitrogens with one attached hydrogen (secondary N) is 1. The lowest BCUT2D eigenvalue weighted by Crippen LogP contribution is -2.45. The molecule has 3 heterocycles. The molecule has 3 fully saturated rings. The highest BCUT2D eigenvalue weighted by Crippen LogP contribution is 2.33. The highest BCUT2D eigenvalue weighted by molar-refractivity contribution is 6.33. The third-order valence-corrected chi connectivity index (χ3v) is 8.86. The molecule has 5 rings (SSSR count). The van der Waals surface area contributed by atoms with Crippen molar-refractivity contribution in [3.63, 3.8) is 0 Å². The van der Waals surface area contributed by atoms with E-state index in [4.69, 9.17) is 11.6 Å². The van der Waals surface area contributed by atoms with Crippen LogP contribution in [0, 0.1) is 17.7 Å². The second kappa shape index (κ2) is 12.8. The van der Waals surface area contributed by atoms with Crippen molar-refractivity contribution in [1.82, 2.24) is 24.9 Å². The molecular weight excluding hydrogens is 517 g/mol. The molecule has 2 aromatic carbocycles. The van der Waals surface area contributed by atoms with Gasteiger partial charge in [-0.3, -0.25) is 9.59 Å². The first-order chi connectivity index (χ1) is 18.9. The Morgan fingerprint density at radius 3 is 2.28 bits per heavy atom. The number of carbonyl (C=O) groups excluding carboxylic acids is 2. The first kappa shape index (κ1) is 28.0. The molecule has 9 heteroatoms. The summed E-state index contributed by atoms with van der Waals surface area (Å²) in [6, 6.07) is 14.5. The number of halogens is 2. The lowest BCUT2D eigenvalue weighted by molar-refractivity contribution is -0.122. The maximum Gasteiger partial charge on any atom is 0.258 e. The zero-order valence-electron chi connectivity index (χ0n) is 22.7. The largest absolute Gasteiger partial charge is 0.349 e. The molecule has 3 aliphatic heterocycles. The number of likely N-dealkylation sites (N-methyl/N-ethyl adjacent to an activating group) is 1. The van der Waals surface area contributed by atoms with Gasteiger partial charge in [0.05, 0.1) is 16.6 Å². The van der Waals surface area contributed by atoms with Crippen LogP contribution in [0.15, 0.2) is 48.5 Å². The van der Waals surface area contributed by atoms with E-state index in [2.05, 4.69) is 39.2 Å². The number of benzene rings is 2. The average Bonchev–Trinajstić information content (AvgIpc) is 3.50. The molecule has 0 saturated carbocycles. The molecule has 0 spiro atoms. The number of rotatable bonds is 9. The minimum atomic E-state index is -0.566. The van der Waals surface area contributed by atoms with Crippen molar-refractivity contribution in [2.75, 3.05) is 72.5 Å². The van der Waals surface area contributed by atoms with Crippen LogP contribution in [-0.2, 0) is 4.79 Å². The van der Waals surface area contributed by atoms with Crippen LogP contribution in [0.2, 0.25) is 5.02 Å². The van der Waals surface area contributed by atoms with E-state index in [-0.39, 0.29) is 28.4 Å². The van der Waals surface area contributed by atoms with Gasteiger partial charge in [-0.1, -0.05) is 48.0 Å². The Morgan fingerprint density at radius 1 is 0.923 bits per heavy atom. The van der Waals surface area contributed by atoms with E-state index in [1.165, 1.54) is 12.1 Å². The van der Waals surface area contributed by atoms with E-state index in [1.54, 1.807) is 11.0 Å². The second-order valence-corrected chi connectivity index (χ2v) is 11.7. The third kappa shape index (κ3) is 6.98. The van der Waals surface area contributed by atoms with Crippen LogP contribution in [0.1, 0.15) is 34.8 Å². The lowest BCUT2D eigenvalue weighted by atomic mass is 10.0. The summed E-state index contributed by atoms with van der Waals surface area (Å²) in [5.74, 6) is -0.0473. The van der Waals surface area contributed by atoms with E-state index in [1.807, 2.05) is 18.2 Å². The molecule has 3 saturated heterocycles. The van der Waals surface area contributed by atoms with Crippen LogP contribution in [0.3, 0.4) is 0 Å². The van der Waals surface area contributed by atoms with Gasteiger partial charge < -0.3 is 24.9 Å². The SMILES string of the molecule is CN1CCN(CCC(=O)NC(CCN2CC3CN(C(=O)c4c(F)cccc4Cl)C[C@@H]3C2)c2ccccc2)CC1. The number of amides is 2. The fourth-order valence-corrected chi connectivity index (χ4v) is 6.46. The van der Waals surface area contributed by atoms with E-state index in [9.17, 15) is 14.0 Å². The van der Waals surface area contributed by atoms with Gasteiger partial charge in [-0.15, -0.1) is 0 Å². The smallest absolute Gasteiger partial charge is 0.258 e. The first-order valence-electron chi connectivity index (χ1n) is 14.1. The van der Waals surface area contributed by atoms with Gasteiger partial charge in [0.15, 0.2) is 0 Å². The van der Waals surface area contributed by atoms with Crippen molar-refractivity contribution in [2.24, 2.45) is 11.8 Å². The summed E-state index contributed by atoms with van der Waals surface area (Å²) in [4.78, 5) is 34.8. The Balaban J connectivity index is 1.12. The molecule has 39 heavy (non-hydrogen) atoms. The van der Waals surface area contributed by atoms with Crippen molar-refractivity contribution in [2.45, 2.75) is 18.9 Å². The number of piperazine rings is 1. The van der Waals surface area contributed by atoms with E-state index < -0.39 is 5.82 Å². The molecule has 3 atom stereocenters. The number of hydrogen-bond donors (Lipinski definition) is 1. The summed E-state index contributed by atoms with van der Waals surface area (Å²) in [6.45, 7) is 8.84. The predicted molar refractivity (Wildman–Crippen MR) is 151 cm³/mol. The average molecular weight is 556 g/mol. The molecular formula is C30H39ClFN5O2. The Labute approximate surface area is 235 Å². The van der Waals surface area contributed by atoms with E-state index in [0.717, 1.165) is 64.3 Å². The van der Waals surface area contributed by atoms with Crippen LogP contribution in [-0.4, -0.2) is 104 Å². The topological polar surface area (TPSA) is 59.1 Å².